The number of benzene rings is 1. The van der Waals surface area contributed by atoms with E-state index in [0.29, 0.717) is 12.8 Å². The van der Waals surface area contributed by atoms with Gasteiger partial charge in [0.1, 0.15) is 0 Å². The van der Waals surface area contributed by atoms with Crippen molar-refractivity contribution in [3.05, 3.63) is 34.3 Å². The fourth-order valence-electron chi connectivity index (χ4n) is 2.43. The van der Waals surface area contributed by atoms with Crippen molar-refractivity contribution in [2.45, 2.75) is 37.0 Å². The molecule has 1 aromatic carbocycles. The number of hydrogen-bond donors (Lipinski definition) is 1. The van der Waals surface area contributed by atoms with Crippen LogP contribution < -0.4 is 0 Å². The highest BCUT2D eigenvalue weighted by Gasteiger charge is 2.34. The summed E-state index contributed by atoms with van der Waals surface area (Å²) in [4.78, 5) is 0. The Morgan fingerprint density at radius 3 is 2.72 bits per heavy atom. The van der Waals surface area contributed by atoms with Crippen LogP contribution >= 0.6 is 15.9 Å². The molecule has 1 aliphatic rings. The standard InChI is InChI=1S/C13H17BrO3S/c14-11-6-2-1-5-10(11)9-12(15)13-7-3-4-8-18(13,16)17/h1-2,5-6,12-13,15H,3-4,7-9H2. The van der Waals surface area contributed by atoms with Gasteiger partial charge in [-0.15, -0.1) is 0 Å². The van der Waals surface area contributed by atoms with Crippen LogP contribution in [0, 0.1) is 0 Å². The van der Waals surface area contributed by atoms with Crippen LogP contribution in [-0.4, -0.2) is 30.6 Å². The first kappa shape index (κ1) is 14.0. The van der Waals surface area contributed by atoms with E-state index in [0.717, 1.165) is 22.9 Å². The van der Waals surface area contributed by atoms with Crippen LogP contribution in [0.1, 0.15) is 24.8 Å². The Kier molecular flexibility index (Phi) is 4.45. The first-order valence-electron chi connectivity index (χ1n) is 6.14. The Hall–Kier alpha value is -0.390. The molecule has 0 saturated carbocycles. The van der Waals surface area contributed by atoms with Crippen molar-refractivity contribution in [1.29, 1.82) is 0 Å². The Labute approximate surface area is 116 Å². The molecule has 2 atom stereocenters. The molecule has 0 amide bonds. The summed E-state index contributed by atoms with van der Waals surface area (Å²) in [6.45, 7) is 0. The van der Waals surface area contributed by atoms with Crippen LogP contribution in [-0.2, 0) is 16.3 Å². The van der Waals surface area contributed by atoms with Gasteiger partial charge in [-0.05, 0) is 24.5 Å². The third kappa shape index (κ3) is 3.13. The van der Waals surface area contributed by atoms with E-state index in [4.69, 9.17) is 0 Å². The Balaban J connectivity index is 2.12. The summed E-state index contributed by atoms with van der Waals surface area (Å²) in [5.41, 5.74) is 0.950. The predicted octanol–water partition coefficient (Wildman–Crippen LogP) is 2.32. The van der Waals surface area contributed by atoms with Crippen LogP contribution in [0.5, 0.6) is 0 Å². The van der Waals surface area contributed by atoms with Crippen molar-refractivity contribution in [2.24, 2.45) is 0 Å². The second-order valence-electron chi connectivity index (χ2n) is 4.76. The van der Waals surface area contributed by atoms with Gasteiger partial charge < -0.3 is 5.11 Å². The molecule has 5 heteroatoms. The summed E-state index contributed by atoms with van der Waals surface area (Å²) < 4.78 is 24.8. The first-order chi connectivity index (χ1) is 8.50. The van der Waals surface area contributed by atoms with Crippen molar-refractivity contribution in [3.63, 3.8) is 0 Å². The summed E-state index contributed by atoms with van der Waals surface area (Å²) in [6.07, 6.45) is 1.76. The van der Waals surface area contributed by atoms with Crippen LogP contribution in [0.15, 0.2) is 28.7 Å². The van der Waals surface area contributed by atoms with Gasteiger partial charge in [-0.1, -0.05) is 40.5 Å². The van der Waals surface area contributed by atoms with Crippen molar-refractivity contribution in [2.75, 3.05) is 5.75 Å². The topological polar surface area (TPSA) is 54.4 Å². The van der Waals surface area contributed by atoms with Crippen molar-refractivity contribution >= 4 is 25.8 Å². The van der Waals surface area contributed by atoms with Gasteiger partial charge in [0.05, 0.1) is 17.1 Å². The second kappa shape index (κ2) is 5.72. The summed E-state index contributed by atoms with van der Waals surface area (Å²) in [5, 5.41) is 9.59. The van der Waals surface area contributed by atoms with Gasteiger partial charge in [-0.2, -0.15) is 0 Å². The third-order valence-corrected chi connectivity index (χ3v) is 6.55. The molecule has 1 aliphatic heterocycles. The zero-order chi connectivity index (χ0) is 13.2. The number of halogens is 1. The highest BCUT2D eigenvalue weighted by Crippen LogP contribution is 2.26. The van der Waals surface area contributed by atoms with Gasteiger partial charge >= 0.3 is 0 Å². The highest BCUT2D eigenvalue weighted by molar-refractivity contribution is 9.10. The molecule has 1 fully saturated rings. The van der Waals surface area contributed by atoms with E-state index in [1.165, 1.54) is 0 Å². The lowest BCUT2D eigenvalue weighted by Gasteiger charge is -2.26. The fourth-order valence-corrected chi connectivity index (χ4v) is 4.89. The molecule has 3 nitrogen and oxygen atoms in total. The largest absolute Gasteiger partial charge is 0.391 e. The molecule has 0 bridgehead atoms. The van der Waals surface area contributed by atoms with Gasteiger partial charge in [-0.3, -0.25) is 0 Å². The zero-order valence-electron chi connectivity index (χ0n) is 10.0. The lowest BCUT2D eigenvalue weighted by atomic mass is 10.0. The maximum absolute atomic E-state index is 11.9. The van der Waals surface area contributed by atoms with Gasteiger partial charge in [0, 0.05) is 10.9 Å². The number of hydrogen-bond acceptors (Lipinski definition) is 3. The molecule has 1 N–H and O–H groups in total. The van der Waals surface area contributed by atoms with Gasteiger partial charge in [0.2, 0.25) is 0 Å². The minimum atomic E-state index is -3.12. The Morgan fingerprint density at radius 2 is 2.06 bits per heavy atom. The Morgan fingerprint density at radius 1 is 1.33 bits per heavy atom. The molecule has 2 unspecified atom stereocenters. The van der Waals surface area contributed by atoms with Crippen LogP contribution in [0.4, 0.5) is 0 Å². The molecule has 2 rings (SSSR count). The number of aliphatic hydroxyl groups is 1. The van der Waals surface area contributed by atoms with Gasteiger partial charge in [-0.25, -0.2) is 8.42 Å². The zero-order valence-corrected chi connectivity index (χ0v) is 12.5. The summed E-state index contributed by atoms with van der Waals surface area (Å²) in [6, 6.07) is 7.60. The van der Waals surface area contributed by atoms with E-state index in [9.17, 15) is 13.5 Å². The van der Waals surface area contributed by atoms with E-state index >= 15 is 0 Å². The molecule has 1 saturated heterocycles. The van der Waals surface area contributed by atoms with Crippen molar-refractivity contribution in [3.8, 4) is 0 Å². The quantitative estimate of drug-likeness (QED) is 0.924. The lowest BCUT2D eigenvalue weighted by Crippen LogP contribution is -2.39. The van der Waals surface area contributed by atoms with Crippen LogP contribution in [0.25, 0.3) is 0 Å². The maximum Gasteiger partial charge on any atom is 0.155 e. The smallest absolute Gasteiger partial charge is 0.155 e. The molecule has 18 heavy (non-hydrogen) atoms. The summed E-state index contributed by atoms with van der Waals surface area (Å²) >= 11 is 3.42. The highest BCUT2D eigenvalue weighted by atomic mass is 79.9. The molecule has 0 radical (unpaired) electrons. The number of aliphatic hydroxyl groups excluding tert-OH is 1. The average molecular weight is 333 g/mol. The minimum Gasteiger partial charge on any atom is -0.391 e. The number of rotatable bonds is 3. The third-order valence-electron chi connectivity index (χ3n) is 3.44. The maximum atomic E-state index is 11.9. The average Bonchev–Trinajstić information content (AvgIpc) is 2.31. The van der Waals surface area contributed by atoms with Gasteiger partial charge in [0.25, 0.3) is 0 Å². The predicted molar refractivity (Wildman–Crippen MR) is 75.3 cm³/mol. The molecule has 0 aromatic heterocycles. The lowest BCUT2D eigenvalue weighted by molar-refractivity contribution is 0.162. The monoisotopic (exact) mass is 332 g/mol. The molecule has 100 valence electrons. The molecule has 0 spiro atoms. The van der Waals surface area contributed by atoms with Crippen molar-refractivity contribution in [1.82, 2.24) is 0 Å². The van der Waals surface area contributed by atoms with E-state index in [-0.39, 0.29) is 5.75 Å². The number of sulfone groups is 1. The van der Waals surface area contributed by atoms with Crippen LogP contribution in [0.3, 0.4) is 0 Å². The normalized spacial score (nSPS) is 24.7. The summed E-state index contributed by atoms with van der Waals surface area (Å²) in [7, 11) is -3.12. The molecule has 0 aliphatic carbocycles. The van der Waals surface area contributed by atoms with E-state index < -0.39 is 21.2 Å². The van der Waals surface area contributed by atoms with E-state index in [1.54, 1.807) is 0 Å². The molecular formula is C13H17BrO3S. The molecule has 1 aromatic rings. The fraction of sp³-hybridized carbons (Fsp3) is 0.538. The first-order valence-corrected chi connectivity index (χ1v) is 8.64. The van der Waals surface area contributed by atoms with E-state index in [1.807, 2.05) is 24.3 Å². The Bertz CT molecular complexity index is 513. The SMILES string of the molecule is O=S1(=O)CCCCC1C(O)Cc1ccccc1Br. The van der Waals surface area contributed by atoms with E-state index in [2.05, 4.69) is 15.9 Å². The van der Waals surface area contributed by atoms with Crippen LogP contribution in [0.2, 0.25) is 0 Å². The molecule has 1 heterocycles. The van der Waals surface area contributed by atoms with Crippen molar-refractivity contribution < 1.29 is 13.5 Å². The minimum absolute atomic E-state index is 0.213. The second-order valence-corrected chi connectivity index (χ2v) is 7.96. The molecular weight excluding hydrogens is 316 g/mol. The summed E-state index contributed by atoms with van der Waals surface area (Å²) in [5.74, 6) is 0.213. The van der Waals surface area contributed by atoms with Gasteiger partial charge in [0.15, 0.2) is 9.84 Å².